The fraction of sp³-hybridized carbons (Fsp3) is 0.462. The second kappa shape index (κ2) is 6.09. The minimum atomic E-state index is 0.0512. The van der Waals surface area contributed by atoms with E-state index in [0.717, 1.165) is 5.52 Å². The molecule has 0 saturated carbocycles. The lowest BCUT2D eigenvalue weighted by Crippen LogP contribution is -2.23. The van der Waals surface area contributed by atoms with Gasteiger partial charge >= 0.3 is 0 Å². The Morgan fingerprint density at radius 3 is 2.75 bits per heavy atom. The molecule has 0 atom stereocenters. The molecule has 0 aliphatic heterocycles. The number of halogens is 1. The molecule has 0 N–H and O–H groups in total. The predicted molar refractivity (Wildman–Crippen MR) is 76.9 cm³/mol. The van der Waals surface area contributed by atoms with E-state index >= 15 is 0 Å². The van der Waals surface area contributed by atoms with E-state index in [-0.39, 0.29) is 11.8 Å². The molecule has 0 bridgehead atoms. The minimum absolute atomic E-state index is 0.0512. The van der Waals surface area contributed by atoms with Crippen molar-refractivity contribution in [3.63, 3.8) is 0 Å². The van der Waals surface area contributed by atoms with Gasteiger partial charge in [-0.2, -0.15) is 4.98 Å². The summed E-state index contributed by atoms with van der Waals surface area (Å²) in [6, 6.07) is 3.59. The Morgan fingerprint density at radius 2 is 2.15 bits per heavy atom. The number of carbonyl (C=O) groups is 1. The summed E-state index contributed by atoms with van der Waals surface area (Å²) in [5.41, 5.74) is 1.44. The molecule has 7 heteroatoms. The molecular weight excluding hydrogens is 280 g/mol. The SMILES string of the molecule is COc1ccc2nc(CCl)n(CCC(=O)N(C)C)c2n1. The number of ether oxygens (including phenoxy) is 1. The number of hydrogen-bond acceptors (Lipinski definition) is 4. The summed E-state index contributed by atoms with van der Waals surface area (Å²) in [6.45, 7) is 0.496. The smallest absolute Gasteiger partial charge is 0.223 e. The average molecular weight is 297 g/mol. The largest absolute Gasteiger partial charge is 0.481 e. The number of nitrogens with zero attached hydrogens (tertiary/aromatic N) is 4. The van der Waals surface area contributed by atoms with E-state index in [1.807, 2.05) is 10.6 Å². The fourth-order valence-corrected chi connectivity index (χ4v) is 2.12. The van der Waals surface area contributed by atoms with E-state index in [1.54, 1.807) is 32.2 Å². The number of carbonyl (C=O) groups excluding carboxylic acids is 1. The molecule has 0 unspecified atom stereocenters. The molecule has 2 aromatic heterocycles. The van der Waals surface area contributed by atoms with Gasteiger partial charge in [0.2, 0.25) is 11.8 Å². The summed E-state index contributed by atoms with van der Waals surface area (Å²) < 4.78 is 6.99. The average Bonchev–Trinajstić information content (AvgIpc) is 2.81. The van der Waals surface area contributed by atoms with Gasteiger partial charge in [0.1, 0.15) is 11.3 Å². The molecule has 0 aliphatic rings. The molecular formula is C13H17ClN4O2. The number of fused-ring (bicyclic) bond motifs is 1. The number of methoxy groups -OCH3 is 1. The van der Waals surface area contributed by atoms with E-state index in [0.29, 0.717) is 30.3 Å². The monoisotopic (exact) mass is 296 g/mol. The summed E-state index contributed by atoms with van der Waals surface area (Å²) in [6.07, 6.45) is 0.376. The van der Waals surface area contributed by atoms with Crippen LogP contribution in [0.2, 0.25) is 0 Å². The molecule has 108 valence electrons. The van der Waals surface area contributed by atoms with E-state index in [9.17, 15) is 4.79 Å². The Morgan fingerprint density at radius 1 is 1.40 bits per heavy atom. The topological polar surface area (TPSA) is 60.3 Å². The quantitative estimate of drug-likeness (QED) is 0.787. The Kier molecular flexibility index (Phi) is 4.44. The lowest BCUT2D eigenvalue weighted by atomic mass is 10.3. The van der Waals surface area contributed by atoms with Gasteiger partial charge in [0.15, 0.2) is 5.65 Å². The Balaban J connectivity index is 2.36. The third-order valence-electron chi connectivity index (χ3n) is 3.02. The van der Waals surface area contributed by atoms with Crippen molar-refractivity contribution in [3.05, 3.63) is 18.0 Å². The summed E-state index contributed by atoms with van der Waals surface area (Å²) in [7, 11) is 5.03. The third-order valence-corrected chi connectivity index (χ3v) is 3.26. The first-order valence-electron chi connectivity index (χ1n) is 6.23. The van der Waals surface area contributed by atoms with E-state index < -0.39 is 0 Å². The van der Waals surface area contributed by atoms with E-state index in [4.69, 9.17) is 16.3 Å². The second-order valence-electron chi connectivity index (χ2n) is 4.55. The summed E-state index contributed by atoms with van der Waals surface area (Å²) in [5, 5.41) is 0. The normalized spacial score (nSPS) is 10.8. The summed E-state index contributed by atoms with van der Waals surface area (Å²) >= 11 is 5.92. The Hall–Kier alpha value is -1.82. The molecule has 20 heavy (non-hydrogen) atoms. The third kappa shape index (κ3) is 2.85. The van der Waals surface area contributed by atoms with Crippen molar-refractivity contribution in [1.29, 1.82) is 0 Å². The fourth-order valence-electron chi connectivity index (χ4n) is 1.91. The van der Waals surface area contributed by atoms with Crippen molar-refractivity contribution < 1.29 is 9.53 Å². The van der Waals surface area contributed by atoms with Crippen LogP contribution in [0.5, 0.6) is 5.88 Å². The number of imidazole rings is 1. The Bertz CT molecular complexity index is 624. The summed E-state index contributed by atoms with van der Waals surface area (Å²) in [4.78, 5) is 22.1. The van der Waals surface area contributed by atoms with Crippen LogP contribution in [0.4, 0.5) is 0 Å². The second-order valence-corrected chi connectivity index (χ2v) is 4.82. The number of alkyl halides is 1. The van der Waals surface area contributed by atoms with E-state index in [1.165, 1.54) is 0 Å². The van der Waals surface area contributed by atoms with Gasteiger partial charge in [0.05, 0.1) is 13.0 Å². The van der Waals surface area contributed by atoms with Crippen LogP contribution in [0.3, 0.4) is 0 Å². The van der Waals surface area contributed by atoms with Gasteiger partial charge in [-0.1, -0.05) is 0 Å². The van der Waals surface area contributed by atoms with Crippen molar-refractivity contribution in [1.82, 2.24) is 19.4 Å². The number of pyridine rings is 1. The van der Waals surface area contributed by atoms with Crippen LogP contribution >= 0.6 is 11.6 Å². The number of amides is 1. The first-order chi connectivity index (χ1) is 9.56. The molecule has 0 aliphatic carbocycles. The van der Waals surface area contributed by atoms with Crippen LogP contribution in [0.1, 0.15) is 12.2 Å². The lowest BCUT2D eigenvalue weighted by Gasteiger charge is -2.11. The highest BCUT2D eigenvalue weighted by Crippen LogP contribution is 2.19. The highest BCUT2D eigenvalue weighted by Gasteiger charge is 2.14. The summed E-state index contributed by atoms with van der Waals surface area (Å²) in [5.74, 6) is 1.54. The van der Waals surface area contributed by atoms with Crippen molar-refractivity contribution in [2.75, 3.05) is 21.2 Å². The molecule has 2 heterocycles. The zero-order chi connectivity index (χ0) is 14.7. The van der Waals surface area contributed by atoms with Crippen LogP contribution < -0.4 is 4.74 Å². The highest BCUT2D eigenvalue weighted by molar-refractivity contribution is 6.16. The van der Waals surface area contributed by atoms with Crippen LogP contribution in [0, 0.1) is 0 Å². The van der Waals surface area contributed by atoms with Crippen LogP contribution in [0.15, 0.2) is 12.1 Å². The van der Waals surface area contributed by atoms with Gasteiger partial charge in [-0.05, 0) is 6.07 Å². The predicted octanol–water partition coefficient (Wildman–Crippen LogP) is 1.66. The van der Waals surface area contributed by atoms with Crippen LogP contribution in [-0.4, -0.2) is 46.5 Å². The Labute approximate surface area is 122 Å². The molecule has 0 fully saturated rings. The number of aryl methyl sites for hydroxylation is 1. The number of hydrogen-bond donors (Lipinski definition) is 0. The maximum absolute atomic E-state index is 11.7. The molecule has 1 amide bonds. The maximum atomic E-state index is 11.7. The molecule has 0 spiro atoms. The van der Waals surface area contributed by atoms with Crippen LogP contribution in [-0.2, 0) is 17.2 Å². The highest BCUT2D eigenvalue weighted by atomic mass is 35.5. The van der Waals surface area contributed by atoms with Gasteiger partial charge in [-0.25, -0.2) is 4.98 Å². The zero-order valence-electron chi connectivity index (χ0n) is 11.8. The van der Waals surface area contributed by atoms with Gasteiger partial charge in [-0.3, -0.25) is 4.79 Å². The maximum Gasteiger partial charge on any atom is 0.223 e. The molecule has 0 aromatic carbocycles. The van der Waals surface area contributed by atoms with Gasteiger partial charge in [0.25, 0.3) is 0 Å². The van der Waals surface area contributed by atoms with E-state index in [2.05, 4.69) is 9.97 Å². The number of rotatable bonds is 5. The number of aromatic nitrogens is 3. The molecule has 2 rings (SSSR count). The zero-order valence-corrected chi connectivity index (χ0v) is 12.5. The first-order valence-corrected chi connectivity index (χ1v) is 6.76. The van der Waals surface area contributed by atoms with Crippen molar-refractivity contribution >= 4 is 28.7 Å². The van der Waals surface area contributed by atoms with Crippen LogP contribution in [0.25, 0.3) is 11.2 Å². The lowest BCUT2D eigenvalue weighted by molar-refractivity contribution is -0.128. The van der Waals surface area contributed by atoms with Gasteiger partial charge < -0.3 is 14.2 Å². The first kappa shape index (κ1) is 14.6. The molecule has 0 radical (unpaired) electrons. The molecule has 2 aromatic rings. The van der Waals surface area contributed by atoms with Gasteiger partial charge in [0, 0.05) is 33.1 Å². The van der Waals surface area contributed by atoms with Crippen molar-refractivity contribution in [3.8, 4) is 5.88 Å². The standard InChI is InChI=1S/C13H17ClN4O2/c1-17(2)12(19)6-7-18-10(8-14)15-9-4-5-11(20-3)16-13(9)18/h4-5H,6-8H2,1-3H3. The molecule has 6 nitrogen and oxygen atoms in total. The van der Waals surface area contributed by atoms with Crippen molar-refractivity contribution in [2.24, 2.45) is 0 Å². The van der Waals surface area contributed by atoms with Crippen molar-refractivity contribution in [2.45, 2.75) is 18.8 Å². The van der Waals surface area contributed by atoms with Gasteiger partial charge in [-0.15, -0.1) is 11.6 Å². The molecule has 0 saturated heterocycles. The minimum Gasteiger partial charge on any atom is -0.481 e.